The number of nitrogens with one attached hydrogen (secondary N) is 1. The van der Waals surface area contributed by atoms with Crippen LogP contribution in [-0.2, 0) is 0 Å². The highest BCUT2D eigenvalue weighted by atomic mass is 16.4. The first-order valence-corrected chi connectivity index (χ1v) is 10.5. The molecule has 0 unspecified atom stereocenters. The van der Waals surface area contributed by atoms with Gasteiger partial charge >= 0.3 is 5.97 Å². The van der Waals surface area contributed by atoms with Crippen LogP contribution in [0.25, 0.3) is 28.1 Å². The molecule has 1 aliphatic heterocycles. The summed E-state index contributed by atoms with van der Waals surface area (Å²) in [6.07, 6.45) is 4.69. The average Bonchev–Trinajstić information content (AvgIpc) is 3.42. The number of aromatic nitrogens is 3. The third-order valence-electron chi connectivity index (χ3n) is 5.95. The molecule has 0 bridgehead atoms. The third-order valence-corrected chi connectivity index (χ3v) is 5.95. The van der Waals surface area contributed by atoms with Gasteiger partial charge < -0.3 is 10.4 Å². The summed E-state index contributed by atoms with van der Waals surface area (Å²) in [4.78, 5) is 21.3. The molecule has 0 spiro atoms. The van der Waals surface area contributed by atoms with Gasteiger partial charge in [0.15, 0.2) is 5.65 Å². The Bertz CT molecular complexity index is 1280. The van der Waals surface area contributed by atoms with Crippen LogP contribution in [-0.4, -0.2) is 38.7 Å². The van der Waals surface area contributed by atoms with Gasteiger partial charge in [0.2, 0.25) is 0 Å². The molecule has 1 saturated heterocycles. The monoisotopic (exact) mass is 412 g/mol. The van der Waals surface area contributed by atoms with E-state index in [0.717, 1.165) is 53.2 Å². The maximum absolute atomic E-state index is 11.8. The summed E-state index contributed by atoms with van der Waals surface area (Å²) in [5.74, 6) is -0.687. The molecule has 6 nitrogen and oxygen atoms in total. The first-order valence-electron chi connectivity index (χ1n) is 10.5. The molecular weight excluding hydrogens is 388 g/mol. The van der Waals surface area contributed by atoms with E-state index in [1.54, 1.807) is 6.07 Å². The van der Waals surface area contributed by atoms with E-state index in [2.05, 4.69) is 42.3 Å². The smallest absolute Gasteiger partial charge is 0.335 e. The van der Waals surface area contributed by atoms with Crippen LogP contribution >= 0.6 is 0 Å². The molecule has 3 heterocycles. The van der Waals surface area contributed by atoms with Crippen molar-refractivity contribution in [2.75, 3.05) is 13.1 Å². The molecule has 0 saturated carbocycles. The van der Waals surface area contributed by atoms with Crippen LogP contribution < -0.4 is 5.32 Å². The molecule has 6 heteroatoms. The molecule has 4 aromatic rings. The van der Waals surface area contributed by atoms with Crippen LogP contribution in [0.3, 0.4) is 0 Å². The molecule has 0 aliphatic carbocycles. The largest absolute Gasteiger partial charge is 0.478 e. The lowest BCUT2D eigenvalue weighted by molar-refractivity contribution is 0.0695. The SMILES string of the molecule is Cc1cc(C)cc(-c2cnc3ccn(-c4ccc(C(=O)O)c([C@@H]5CCNC5)c4)c3n2)c1. The van der Waals surface area contributed by atoms with E-state index in [9.17, 15) is 9.90 Å². The highest BCUT2D eigenvalue weighted by Crippen LogP contribution is 2.30. The number of benzene rings is 2. The molecule has 0 radical (unpaired) electrons. The maximum atomic E-state index is 11.8. The summed E-state index contributed by atoms with van der Waals surface area (Å²) in [5.41, 5.74) is 7.94. The van der Waals surface area contributed by atoms with Crippen LogP contribution in [0.1, 0.15) is 39.4 Å². The highest BCUT2D eigenvalue weighted by Gasteiger charge is 2.23. The molecule has 1 aliphatic rings. The van der Waals surface area contributed by atoms with Crippen molar-refractivity contribution in [3.05, 3.63) is 77.1 Å². The van der Waals surface area contributed by atoms with E-state index in [-0.39, 0.29) is 5.92 Å². The van der Waals surface area contributed by atoms with Gasteiger partial charge in [-0.25, -0.2) is 9.78 Å². The number of hydrogen-bond donors (Lipinski definition) is 2. The number of carboxylic acids is 1. The Balaban J connectivity index is 1.63. The molecule has 2 aromatic carbocycles. The lowest BCUT2D eigenvalue weighted by Crippen LogP contribution is -2.12. The van der Waals surface area contributed by atoms with Crippen molar-refractivity contribution in [3.63, 3.8) is 0 Å². The zero-order valence-electron chi connectivity index (χ0n) is 17.6. The Morgan fingerprint density at radius 3 is 2.65 bits per heavy atom. The standard InChI is InChI=1S/C25H24N4O2/c1-15-9-16(2)11-18(10-15)23-14-27-22-6-8-29(24(22)28-23)19-3-4-20(25(30)31)21(12-19)17-5-7-26-13-17/h3-4,6,8-12,14,17,26H,5,7,13H2,1-2H3,(H,30,31)/t17-/m1/s1. The van der Waals surface area contributed by atoms with Gasteiger partial charge in [0, 0.05) is 24.0 Å². The number of aryl methyl sites for hydroxylation is 2. The minimum Gasteiger partial charge on any atom is -0.478 e. The summed E-state index contributed by atoms with van der Waals surface area (Å²) >= 11 is 0. The van der Waals surface area contributed by atoms with E-state index in [4.69, 9.17) is 4.98 Å². The van der Waals surface area contributed by atoms with Crippen LogP contribution in [0, 0.1) is 13.8 Å². The Labute approximate surface area is 180 Å². The summed E-state index contributed by atoms with van der Waals surface area (Å²) in [5, 5.41) is 13.0. The molecule has 5 rings (SSSR count). The Kier molecular flexibility index (Phi) is 4.79. The molecule has 2 aromatic heterocycles. The number of carbonyl (C=O) groups is 1. The Morgan fingerprint density at radius 2 is 1.94 bits per heavy atom. The predicted octanol–water partition coefficient (Wildman–Crippen LogP) is 4.48. The van der Waals surface area contributed by atoms with Crippen molar-refractivity contribution >= 4 is 17.1 Å². The molecular formula is C25H24N4O2. The van der Waals surface area contributed by atoms with Crippen LogP contribution in [0.4, 0.5) is 0 Å². The number of hydrogen-bond acceptors (Lipinski definition) is 4. The second kappa shape index (κ2) is 7.63. The van der Waals surface area contributed by atoms with Gasteiger partial charge in [0.1, 0.15) is 5.52 Å². The van der Waals surface area contributed by atoms with Crippen molar-refractivity contribution in [1.29, 1.82) is 0 Å². The number of carboxylic acid groups (broad SMARTS) is 1. The normalized spacial score (nSPS) is 16.1. The average molecular weight is 412 g/mol. The summed E-state index contributed by atoms with van der Waals surface area (Å²) < 4.78 is 1.99. The second-order valence-electron chi connectivity index (χ2n) is 8.29. The first kappa shape index (κ1) is 19.5. The summed E-state index contributed by atoms with van der Waals surface area (Å²) in [7, 11) is 0. The maximum Gasteiger partial charge on any atom is 0.335 e. The predicted molar refractivity (Wildman–Crippen MR) is 121 cm³/mol. The molecule has 31 heavy (non-hydrogen) atoms. The minimum atomic E-state index is -0.886. The lowest BCUT2D eigenvalue weighted by atomic mass is 9.93. The van der Waals surface area contributed by atoms with Crippen molar-refractivity contribution in [1.82, 2.24) is 19.9 Å². The molecule has 1 fully saturated rings. The van der Waals surface area contributed by atoms with Gasteiger partial charge in [-0.1, -0.05) is 17.2 Å². The fourth-order valence-corrected chi connectivity index (χ4v) is 4.52. The topological polar surface area (TPSA) is 80.0 Å². The fraction of sp³-hybridized carbons (Fsp3) is 0.240. The van der Waals surface area contributed by atoms with Gasteiger partial charge in [-0.3, -0.25) is 9.55 Å². The third kappa shape index (κ3) is 3.59. The number of nitrogens with zero attached hydrogens (tertiary/aromatic N) is 3. The van der Waals surface area contributed by atoms with Crippen molar-refractivity contribution < 1.29 is 9.90 Å². The minimum absolute atomic E-state index is 0.199. The molecule has 2 N–H and O–H groups in total. The van der Waals surface area contributed by atoms with E-state index in [1.165, 1.54) is 11.1 Å². The number of aromatic carboxylic acids is 1. The van der Waals surface area contributed by atoms with Gasteiger partial charge in [0.05, 0.1) is 17.5 Å². The quantitative estimate of drug-likeness (QED) is 0.517. The summed E-state index contributed by atoms with van der Waals surface area (Å²) in [6.45, 7) is 5.86. The zero-order valence-corrected chi connectivity index (χ0v) is 17.6. The van der Waals surface area contributed by atoms with Crippen LogP contribution in [0.5, 0.6) is 0 Å². The van der Waals surface area contributed by atoms with E-state index < -0.39 is 5.97 Å². The van der Waals surface area contributed by atoms with Crippen LogP contribution in [0.2, 0.25) is 0 Å². The number of fused-ring (bicyclic) bond motifs is 1. The van der Waals surface area contributed by atoms with Crippen molar-refractivity contribution in [3.8, 4) is 16.9 Å². The zero-order chi connectivity index (χ0) is 21.5. The summed E-state index contributed by atoms with van der Waals surface area (Å²) in [6, 6.07) is 13.9. The Morgan fingerprint density at radius 1 is 1.13 bits per heavy atom. The second-order valence-corrected chi connectivity index (χ2v) is 8.29. The van der Waals surface area contributed by atoms with Crippen LogP contribution in [0.15, 0.2) is 54.9 Å². The number of rotatable bonds is 4. The lowest BCUT2D eigenvalue weighted by Gasteiger charge is -2.15. The fourth-order valence-electron chi connectivity index (χ4n) is 4.52. The molecule has 0 amide bonds. The van der Waals surface area contributed by atoms with Gasteiger partial charge in [-0.2, -0.15) is 0 Å². The Hall–Kier alpha value is -3.51. The van der Waals surface area contributed by atoms with E-state index >= 15 is 0 Å². The highest BCUT2D eigenvalue weighted by molar-refractivity contribution is 5.90. The van der Waals surface area contributed by atoms with E-state index in [0.29, 0.717) is 5.56 Å². The van der Waals surface area contributed by atoms with E-state index in [1.807, 2.05) is 35.2 Å². The van der Waals surface area contributed by atoms with Gasteiger partial charge in [-0.05, 0) is 74.7 Å². The van der Waals surface area contributed by atoms with Crippen molar-refractivity contribution in [2.24, 2.45) is 0 Å². The molecule has 1 atom stereocenters. The van der Waals surface area contributed by atoms with Gasteiger partial charge in [-0.15, -0.1) is 0 Å². The first-order chi connectivity index (χ1) is 15.0. The van der Waals surface area contributed by atoms with Gasteiger partial charge in [0.25, 0.3) is 0 Å². The molecule has 156 valence electrons. The van der Waals surface area contributed by atoms with Crippen molar-refractivity contribution in [2.45, 2.75) is 26.2 Å².